The topological polar surface area (TPSA) is 0 Å². The fraction of sp³-hybridized carbons (Fsp3) is 1.00. The predicted octanol–water partition coefficient (Wildman–Crippen LogP) is 2.18. The van der Waals surface area contributed by atoms with Gasteiger partial charge in [-0.1, -0.05) is 33.6 Å². The van der Waals surface area contributed by atoms with Gasteiger partial charge < -0.3 is 0 Å². The minimum atomic E-state index is -0.0347. The minimum Gasteiger partial charge on any atom is -0.139 e. The molecule has 0 amide bonds. The summed E-state index contributed by atoms with van der Waals surface area (Å²) in [5, 5.41) is -0.0347. The minimum absolute atomic E-state index is 0.0347. The Bertz CT molecular complexity index is 131. The van der Waals surface area contributed by atoms with E-state index in [0.717, 1.165) is 5.92 Å². The molecule has 1 rings (SSSR count). The molecule has 1 aliphatic rings. The maximum atomic E-state index is 6.16. The third-order valence-corrected chi connectivity index (χ3v) is 3.89. The fourth-order valence-electron chi connectivity index (χ4n) is 1.17. The van der Waals surface area contributed by atoms with Gasteiger partial charge in [0.25, 0.3) is 0 Å². The normalized spacial score (nSPS) is 26.0. The van der Waals surface area contributed by atoms with Crippen molar-refractivity contribution < 1.29 is 0 Å². The van der Waals surface area contributed by atoms with E-state index in [1.165, 1.54) is 12.8 Å². The number of hydrogen-bond acceptors (Lipinski definition) is 0. The molecule has 2 atom stereocenters. The van der Waals surface area contributed by atoms with E-state index < -0.39 is 0 Å². The molecule has 0 N–H and O–H groups in total. The second kappa shape index (κ2) is 2.24. The van der Waals surface area contributed by atoms with E-state index in [4.69, 9.17) is 7.85 Å². The van der Waals surface area contributed by atoms with Crippen molar-refractivity contribution in [1.29, 1.82) is 0 Å². The molecule has 0 aliphatic heterocycles. The maximum Gasteiger partial charge on any atom is 0.0814 e. The largest absolute Gasteiger partial charge is 0.139 e. The maximum absolute atomic E-state index is 6.16. The van der Waals surface area contributed by atoms with E-state index in [0.29, 0.717) is 0 Å². The second-order valence-electron chi connectivity index (χ2n) is 4.46. The summed E-state index contributed by atoms with van der Waals surface area (Å²) in [6.45, 7) is 6.62. The molecule has 0 aromatic heterocycles. The highest BCUT2D eigenvalue weighted by atomic mass is 31.0. The van der Waals surface area contributed by atoms with Gasteiger partial charge in [-0.25, -0.2) is 0 Å². The Hall–Kier alpha value is 0.495. The van der Waals surface area contributed by atoms with Gasteiger partial charge in [0.2, 0.25) is 0 Å². The third kappa shape index (κ3) is 1.40. The molecule has 0 aromatic rings. The quantitative estimate of drug-likeness (QED) is 0.401. The molecular formula is C8H16BP. The van der Waals surface area contributed by atoms with Gasteiger partial charge in [-0.05, 0) is 16.4 Å². The fourth-order valence-corrected chi connectivity index (χ4v) is 1.51. The molecule has 0 heterocycles. The first-order valence-corrected chi connectivity index (χ1v) is 4.51. The van der Waals surface area contributed by atoms with Crippen LogP contribution in [0.3, 0.4) is 0 Å². The highest BCUT2D eigenvalue weighted by Gasteiger charge is 2.44. The van der Waals surface area contributed by atoms with Crippen LogP contribution in [0, 0.1) is 11.3 Å². The molecule has 2 heteroatoms. The van der Waals surface area contributed by atoms with E-state index in [9.17, 15) is 0 Å². The Morgan fingerprint density at radius 2 is 1.70 bits per heavy atom. The summed E-state index contributed by atoms with van der Waals surface area (Å²) < 4.78 is 0. The lowest BCUT2D eigenvalue weighted by Crippen LogP contribution is -2.39. The van der Waals surface area contributed by atoms with E-state index in [1.807, 2.05) is 0 Å². The summed E-state index contributed by atoms with van der Waals surface area (Å²) in [7, 11) is 8.98. The van der Waals surface area contributed by atoms with Gasteiger partial charge in [0.05, 0.1) is 7.85 Å². The zero-order valence-corrected chi connectivity index (χ0v) is 8.30. The monoisotopic (exact) mass is 154 g/mol. The lowest BCUT2D eigenvalue weighted by molar-refractivity contribution is 0.332. The van der Waals surface area contributed by atoms with E-state index in [-0.39, 0.29) is 10.5 Å². The molecule has 1 fully saturated rings. The van der Waals surface area contributed by atoms with Gasteiger partial charge >= 0.3 is 0 Å². The summed E-state index contributed by atoms with van der Waals surface area (Å²) in [5.41, 5.74) is 0.221. The lowest BCUT2D eigenvalue weighted by atomic mass is 9.64. The Balaban J connectivity index is 2.66. The zero-order chi connectivity index (χ0) is 7.99. The summed E-state index contributed by atoms with van der Waals surface area (Å²) in [4.78, 5) is 0. The summed E-state index contributed by atoms with van der Waals surface area (Å²) in [6.07, 6.45) is 2.63. The number of rotatable bonds is 1. The van der Waals surface area contributed by atoms with Crippen LogP contribution in [-0.2, 0) is 0 Å². The second-order valence-corrected chi connectivity index (χ2v) is 5.41. The van der Waals surface area contributed by atoms with Gasteiger partial charge in [-0.2, -0.15) is 0 Å². The van der Waals surface area contributed by atoms with Crippen LogP contribution in [0.5, 0.6) is 0 Å². The molecule has 1 saturated carbocycles. The van der Waals surface area contributed by atoms with Crippen molar-refractivity contribution >= 4 is 17.1 Å². The number of hydrogen-bond donors (Lipinski definition) is 0. The molecular weight excluding hydrogens is 138 g/mol. The summed E-state index contributed by atoms with van der Waals surface area (Å²) in [6, 6.07) is 0. The molecule has 0 nitrogen and oxygen atoms in total. The molecule has 0 bridgehead atoms. The molecule has 2 radical (unpaired) electrons. The van der Waals surface area contributed by atoms with Crippen LogP contribution in [0.2, 0.25) is 0 Å². The van der Waals surface area contributed by atoms with Crippen molar-refractivity contribution in [3.05, 3.63) is 0 Å². The third-order valence-electron chi connectivity index (χ3n) is 2.55. The Kier molecular flexibility index (Phi) is 1.92. The molecule has 10 heavy (non-hydrogen) atoms. The Morgan fingerprint density at radius 3 is 1.80 bits per heavy atom. The van der Waals surface area contributed by atoms with Crippen LogP contribution in [0.25, 0.3) is 0 Å². The average molecular weight is 154 g/mol. The van der Waals surface area contributed by atoms with Crippen molar-refractivity contribution in [2.75, 3.05) is 0 Å². The van der Waals surface area contributed by atoms with Gasteiger partial charge in [-0.3, -0.25) is 0 Å². The highest BCUT2D eigenvalue weighted by molar-refractivity contribution is 7.22. The Morgan fingerprint density at radius 1 is 1.30 bits per heavy atom. The average Bonchev–Trinajstić information content (AvgIpc) is 2.38. The van der Waals surface area contributed by atoms with Crippen molar-refractivity contribution in [1.82, 2.24) is 0 Å². The van der Waals surface area contributed by atoms with Crippen molar-refractivity contribution in [2.24, 2.45) is 11.3 Å². The molecule has 0 saturated heterocycles. The van der Waals surface area contributed by atoms with Gasteiger partial charge in [-0.15, -0.1) is 9.24 Å². The van der Waals surface area contributed by atoms with Gasteiger partial charge in [0.15, 0.2) is 0 Å². The lowest BCUT2D eigenvalue weighted by Gasteiger charge is -2.39. The van der Waals surface area contributed by atoms with Crippen LogP contribution < -0.4 is 0 Å². The van der Waals surface area contributed by atoms with Gasteiger partial charge in [0, 0.05) is 0 Å². The van der Waals surface area contributed by atoms with Crippen LogP contribution in [-0.4, -0.2) is 12.9 Å². The van der Waals surface area contributed by atoms with Crippen molar-refractivity contribution in [2.45, 2.75) is 38.7 Å². The van der Waals surface area contributed by atoms with Gasteiger partial charge in [0.1, 0.15) is 0 Å². The molecule has 0 aromatic carbocycles. The van der Waals surface area contributed by atoms with Crippen LogP contribution in [0.1, 0.15) is 33.6 Å². The van der Waals surface area contributed by atoms with E-state index in [1.54, 1.807) is 0 Å². The molecule has 56 valence electrons. The van der Waals surface area contributed by atoms with Crippen LogP contribution >= 0.6 is 9.24 Å². The molecule has 0 spiro atoms. The zero-order valence-electron chi connectivity index (χ0n) is 7.15. The smallest absolute Gasteiger partial charge is 0.0814 e. The standard InChI is InChI=1S/C8H16BP/c1-7(2,3)8(9,10)6-4-5-6/h6H,4-5,10H2,1-3H3. The first kappa shape index (κ1) is 8.59. The highest BCUT2D eigenvalue weighted by Crippen LogP contribution is 2.51. The van der Waals surface area contributed by atoms with Crippen molar-refractivity contribution in [3.8, 4) is 0 Å². The first-order chi connectivity index (χ1) is 4.36. The summed E-state index contributed by atoms with van der Waals surface area (Å²) >= 11 is 0. The summed E-state index contributed by atoms with van der Waals surface area (Å²) in [5.74, 6) is 0.748. The van der Waals surface area contributed by atoms with Crippen LogP contribution in [0.15, 0.2) is 0 Å². The SMILES string of the molecule is [B]C(P)(C1CC1)C(C)(C)C. The Labute approximate surface area is 67.8 Å². The van der Waals surface area contributed by atoms with Crippen LogP contribution in [0.4, 0.5) is 0 Å². The molecule has 1 aliphatic carbocycles. The molecule has 2 unspecified atom stereocenters. The van der Waals surface area contributed by atoms with E-state index in [2.05, 4.69) is 30.0 Å². The first-order valence-electron chi connectivity index (χ1n) is 3.93. The predicted molar refractivity (Wildman–Crippen MR) is 50.4 cm³/mol. The van der Waals surface area contributed by atoms with E-state index >= 15 is 0 Å². The van der Waals surface area contributed by atoms with Crippen molar-refractivity contribution in [3.63, 3.8) is 0 Å².